The van der Waals surface area contributed by atoms with E-state index >= 15 is 0 Å². The number of benzene rings is 6. The van der Waals surface area contributed by atoms with E-state index in [2.05, 4.69) is 31.9 Å². The maximum absolute atomic E-state index is 13.7. The highest BCUT2D eigenvalue weighted by molar-refractivity contribution is 14.1. The molecule has 30 heteroatoms. The SMILES string of the molecule is CCCCC(=O)Oc1cc2oc(CCCCCC(N)=O)c(C(=O)c3cc(Br)c(O)c(Br)c3)c2cc1O.CCCCC(=O)Oc1cc2oc(CCCCCC(N)=O)c(C(=O)c3cc(I)c(O)c(I)c3)c2cc1O.CCCCC(=O)Oc1cc2oc(CCCCCC(N)=O)c(C(=O)c3cc(N)c(O)c(N)c3)c2cc1O. The van der Waals surface area contributed by atoms with Crippen LogP contribution in [0.25, 0.3) is 32.9 Å². The monoisotopic (exact) mass is 1840 g/mol. The summed E-state index contributed by atoms with van der Waals surface area (Å²) in [5, 5.41) is 62.8. The summed E-state index contributed by atoms with van der Waals surface area (Å²) in [6, 6.07) is 17.1. The Kier molecular flexibility index (Phi) is 32.3. The molecule has 0 radical (unpaired) electrons. The number of unbranched alkanes of at least 4 members (excludes halogenated alkanes) is 9. The van der Waals surface area contributed by atoms with Gasteiger partial charge in [-0.05, 0) is 189 Å². The molecule has 3 aromatic heterocycles. The Morgan fingerprint density at radius 3 is 0.944 bits per heavy atom. The number of nitrogen functional groups attached to an aromatic ring is 2. The molecule has 16 N–H and O–H groups in total. The van der Waals surface area contributed by atoms with E-state index < -0.39 is 23.7 Å². The Balaban J connectivity index is 0.000000226. The topological polar surface area (TPSA) is 472 Å². The maximum Gasteiger partial charge on any atom is 0.311 e. The number of hydrogen-bond acceptors (Lipinski definition) is 23. The van der Waals surface area contributed by atoms with Gasteiger partial charge < -0.3 is 86.8 Å². The zero-order valence-electron chi connectivity index (χ0n) is 59.6. The highest BCUT2D eigenvalue weighted by Gasteiger charge is 2.30. The van der Waals surface area contributed by atoms with E-state index in [9.17, 15) is 73.8 Å². The molecule has 0 aliphatic rings. The fourth-order valence-electron chi connectivity index (χ4n) is 11.4. The fourth-order valence-corrected chi connectivity index (χ4v) is 14.4. The average Bonchev–Trinajstić information content (AvgIpc) is 1.61. The van der Waals surface area contributed by atoms with E-state index in [4.69, 9.17) is 56.1 Å². The van der Waals surface area contributed by atoms with E-state index in [0.29, 0.717) is 174 Å². The molecule has 108 heavy (non-hydrogen) atoms. The van der Waals surface area contributed by atoms with Crippen molar-refractivity contribution in [2.45, 2.75) is 175 Å². The highest BCUT2D eigenvalue weighted by Crippen LogP contribution is 2.44. The second kappa shape index (κ2) is 40.7. The van der Waals surface area contributed by atoms with Crippen LogP contribution >= 0.6 is 77.0 Å². The van der Waals surface area contributed by atoms with Crippen LogP contribution in [0.4, 0.5) is 11.4 Å². The first-order valence-corrected chi connectivity index (χ1v) is 38.8. The van der Waals surface area contributed by atoms with Crippen molar-refractivity contribution in [2.75, 3.05) is 11.5 Å². The minimum atomic E-state index is -0.487. The summed E-state index contributed by atoms with van der Waals surface area (Å²) >= 11 is 10.4. The Morgan fingerprint density at radius 1 is 0.370 bits per heavy atom. The maximum atomic E-state index is 13.7. The van der Waals surface area contributed by atoms with Crippen molar-refractivity contribution in [1.29, 1.82) is 0 Å². The number of halogens is 4. The second-order valence-corrected chi connectivity index (χ2v) is 29.6. The van der Waals surface area contributed by atoms with Crippen LogP contribution < -0.4 is 42.9 Å². The number of carbonyl (C=O) groups excluding carboxylic acids is 9. The number of rotatable bonds is 36. The predicted molar refractivity (Wildman–Crippen MR) is 427 cm³/mol. The van der Waals surface area contributed by atoms with Gasteiger partial charge in [-0.1, -0.05) is 59.3 Å². The lowest BCUT2D eigenvalue weighted by Crippen LogP contribution is -2.09. The number of primary amides is 3. The Hall–Kier alpha value is -9.41. The number of ether oxygens (including phenoxy) is 3. The summed E-state index contributed by atoms with van der Waals surface area (Å²) in [7, 11) is 0. The van der Waals surface area contributed by atoms with Crippen molar-refractivity contribution in [1.82, 2.24) is 0 Å². The molecule has 9 rings (SSSR count). The van der Waals surface area contributed by atoms with Gasteiger partial charge in [0.25, 0.3) is 0 Å². The van der Waals surface area contributed by atoms with Gasteiger partial charge in [-0.2, -0.15) is 0 Å². The Bertz CT molecular complexity index is 4310. The van der Waals surface area contributed by atoms with E-state index in [0.717, 1.165) is 19.3 Å². The predicted octanol–water partition coefficient (Wildman–Crippen LogP) is 16.2. The van der Waals surface area contributed by atoms with E-state index in [1.54, 1.807) is 12.1 Å². The van der Waals surface area contributed by atoms with Crippen LogP contribution in [0.1, 0.15) is 221 Å². The third kappa shape index (κ3) is 23.3. The molecule has 0 bridgehead atoms. The molecule has 0 saturated carbocycles. The van der Waals surface area contributed by atoms with Crippen LogP contribution in [-0.2, 0) is 48.0 Å². The van der Waals surface area contributed by atoms with Gasteiger partial charge >= 0.3 is 17.9 Å². The van der Waals surface area contributed by atoms with Gasteiger partial charge in [-0.15, -0.1) is 0 Å². The molecule has 3 heterocycles. The van der Waals surface area contributed by atoms with Crippen molar-refractivity contribution in [3.8, 4) is 51.7 Å². The van der Waals surface area contributed by atoms with Gasteiger partial charge in [0.05, 0.1) is 44.2 Å². The number of aromatic hydroxyl groups is 6. The number of amides is 3. The van der Waals surface area contributed by atoms with E-state index in [1.165, 1.54) is 60.7 Å². The fraction of sp³-hybridized carbons (Fsp3) is 0.346. The van der Waals surface area contributed by atoms with Gasteiger partial charge in [0.2, 0.25) is 17.7 Å². The van der Waals surface area contributed by atoms with Crippen LogP contribution in [0.15, 0.2) is 95.0 Å². The smallest absolute Gasteiger partial charge is 0.311 e. The summed E-state index contributed by atoms with van der Waals surface area (Å²) in [5.41, 5.74) is 29.5. The molecule has 0 saturated heterocycles. The Morgan fingerprint density at radius 2 is 0.657 bits per heavy atom. The minimum absolute atomic E-state index is 0.0295. The summed E-state index contributed by atoms with van der Waals surface area (Å²) in [6.45, 7) is 5.87. The zero-order chi connectivity index (χ0) is 79.2. The molecular formula is C78H85Br2I2N5O21. The van der Waals surface area contributed by atoms with Crippen LogP contribution in [0.5, 0.6) is 51.7 Å². The lowest BCUT2D eigenvalue weighted by Gasteiger charge is -2.08. The molecule has 0 aliphatic carbocycles. The lowest BCUT2D eigenvalue weighted by molar-refractivity contribution is -0.135. The summed E-state index contributed by atoms with van der Waals surface area (Å²) in [5.74, 6) is -3.75. The number of nitrogens with two attached hydrogens (primary N) is 5. The van der Waals surface area contributed by atoms with Gasteiger partial charge in [0, 0.05) is 109 Å². The number of anilines is 2. The third-order valence-corrected chi connectivity index (χ3v) is 19.9. The van der Waals surface area contributed by atoms with Crippen molar-refractivity contribution >= 4 is 174 Å². The number of fused-ring (bicyclic) bond motifs is 3. The average molecular weight is 1840 g/mol. The second-order valence-electron chi connectivity index (χ2n) is 25.5. The van der Waals surface area contributed by atoms with Crippen molar-refractivity contribution in [3.63, 3.8) is 0 Å². The van der Waals surface area contributed by atoms with Crippen molar-refractivity contribution in [2.24, 2.45) is 17.2 Å². The number of esters is 3. The standard InChI is InChI=1S/C26H27Br2NO7.C26H27I2NO7.C26H31N3O7/c3*1-2-3-9-23(32)36-21-13-20-15(12-18(21)30)24(19(35-20)7-5-4-6-8-22(29)31)25(33)14-10-16(27)26(34)17(28)11-14/h2*10-13,30,34H,2-9H2,1H3,(H2,29,31);10-13,30,34H,2-9,27-28H2,1H3,(H2,29,31). The molecule has 0 aliphatic heterocycles. The van der Waals surface area contributed by atoms with Gasteiger partial charge in [0.15, 0.2) is 57.6 Å². The molecule has 3 amide bonds. The number of carbonyl (C=O) groups is 9. The Labute approximate surface area is 665 Å². The first kappa shape index (κ1) is 85.8. The summed E-state index contributed by atoms with van der Waals surface area (Å²) in [4.78, 5) is 110. The van der Waals surface area contributed by atoms with Crippen LogP contribution in [0.2, 0.25) is 0 Å². The number of phenolic OH excluding ortho intramolecular Hbond substituents is 6. The normalized spacial score (nSPS) is 11.1. The first-order valence-electron chi connectivity index (χ1n) is 35.1. The molecule has 0 unspecified atom stereocenters. The number of phenols is 6. The summed E-state index contributed by atoms with van der Waals surface area (Å²) in [6.07, 6.45) is 13.0. The van der Waals surface area contributed by atoms with Crippen LogP contribution in [0.3, 0.4) is 0 Å². The van der Waals surface area contributed by atoms with Crippen molar-refractivity contribution in [3.05, 3.63) is 140 Å². The molecule has 0 spiro atoms. The molecule has 9 aromatic rings. The number of hydrogen-bond donors (Lipinski definition) is 11. The molecule has 0 fully saturated rings. The van der Waals surface area contributed by atoms with E-state index in [-0.39, 0.29) is 153 Å². The van der Waals surface area contributed by atoms with Crippen LogP contribution in [-0.4, -0.2) is 83.6 Å². The molecule has 6 aromatic carbocycles. The van der Waals surface area contributed by atoms with Crippen molar-refractivity contribution < 1.29 is 101 Å². The number of ketones is 3. The molecular weight excluding hydrogens is 1760 g/mol. The van der Waals surface area contributed by atoms with Gasteiger partial charge in [0.1, 0.15) is 45.5 Å². The first-order chi connectivity index (χ1) is 51.3. The zero-order valence-corrected chi connectivity index (χ0v) is 67.1. The van der Waals surface area contributed by atoms with E-state index in [1.807, 2.05) is 66.0 Å². The minimum Gasteiger partial charge on any atom is -0.506 e. The lowest BCUT2D eigenvalue weighted by atomic mass is 9.97. The molecule has 26 nitrogen and oxygen atoms in total. The summed E-state index contributed by atoms with van der Waals surface area (Å²) < 4.78 is 35.7. The van der Waals surface area contributed by atoms with Crippen LogP contribution in [0, 0.1) is 7.14 Å². The molecule has 576 valence electrons. The van der Waals surface area contributed by atoms with Gasteiger partial charge in [-0.3, -0.25) is 43.2 Å². The number of furan rings is 3. The van der Waals surface area contributed by atoms with Gasteiger partial charge in [-0.25, -0.2) is 0 Å². The third-order valence-electron chi connectivity index (χ3n) is 17.1. The quantitative estimate of drug-likeness (QED) is 0.00330. The largest absolute Gasteiger partial charge is 0.506 e. The highest BCUT2D eigenvalue weighted by atomic mass is 127. The number of aryl methyl sites for hydroxylation is 3. The molecule has 0 atom stereocenters.